The summed E-state index contributed by atoms with van der Waals surface area (Å²) >= 11 is 0. The van der Waals surface area contributed by atoms with E-state index >= 15 is 0 Å². The van der Waals surface area contributed by atoms with Crippen LogP contribution in [0.5, 0.6) is 0 Å². The highest BCUT2D eigenvalue weighted by Gasteiger charge is 2.34. The Kier molecular flexibility index (Phi) is 15.2. The second-order valence-electron chi connectivity index (χ2n) is 12.5. The molecule has 4 amide bonds. The highest BCUT2D eigenvalue weighted by atomic mass is 16.4. The molecule has 2 aromatic rings. The largest absolute Gasteiger partial charge is 0.481 e. The van der Waals surface area contributed by atoms with Crippen molar-refractivity contribution in [2.45, 2.75) is 90.6 Å². The number of carbonyl (C=O) groups excluding carboxylic acids is 4. The third-order valence-electron chi connectivity index (χ3n) is 7.69. The van der Waals surface area contributed by atoms with Gasteiger partial charge in [-0.2, -0.15) is 0 Å². The number of rotatable bonds is 18. The Balaban J connectivity index is 2.30. The minimum Gasteiger partial charge on any atom is -0.481 e. The average molecular weight is 670 g/mol. The first-order chi connectivity index (χ1) is 22.5. The average Bonchev–Trinajstić information content (AvgIpc) is 3.01. The van der Waals surface area contributed by atoms with Gasteiger partial charge >= 0.3 is 11.9 Å². The van der Waals surface area contributed by atoms with Gasteiger partial charge in [0.1, 0.15) is 12.1 Å². The number of benzene rings is 2. The molecule has 14 nitrogen and oxygen atoms in total. The number of aliphatic hydroxyl groups excluding tert-OH is 1. The van der Waals surface area contributed by atoms with Gasteiger partial charge in [-0.25, -0.2) is 4.79 Å². The summed E-state index contributed by atoms with van der Waals surface area (Å²) in [6.45, 7) is 8.57. The van der Waals surface area contributed by atoms with Gasteiger partial charge < -0.3 is 42.3 Å². The van der Waals surface area contributed by atoms with Crippen LogP contribution in [-0.4, -0.2) is 81.2 Å². The van der Waals surface area contributed by atoms with Crippen molar-refractivity contribution < 1.29 is 44.1 Å². The number of amides is 4. The number of carboxylic acids is 2. The van der Waals surface area contributed by atoms with Gasteiger partial charge in [0.15, 0.2) is 6.10 Å². The van der Waals surface area contributed by atoms with Crippen LogP contribution in [0, 0.1) is 18.8 Å². The Labute approximate surface area is 279 Å². The van der Waals surface area contributed by atoms with Crippen LogP contribution in [-0.2, 0) is 30.4 Å². The second kappa shape index (κ2) is 18.5. The molecule has 0 saturated carbocycles. The van der Waals surface area contributed by atoms with Crippen LogP contribution in [0.2, 0.25) is 0 Å². The fourth-order valence-electron chi connectivity index (χ4n) is 4.95. The summed E-state index contributed by atoms with van der Waals surface area (Å²) in [4.78, 5) is 75.6. The summed E-state index contributed by atoms with van der Waals surface area (Å²) < 4.78 is 0. The summed E-state index contributed by atoms with van der Waals surface area (Å²) in [5, 5.41) is 40.1. The van der Waals surface area contributed by atoms with Crippen molar-refractivity contribution in [3.63, 3.8) is 0 Å². The van der Waals surface area contributed by atoms with Crippen LogP contribution < -0.4 is 27.0 Å². The Morgan fingerprint density at radius 3 is 2.00 bits per heavy atom. The van der Waals surface area contributed by atoms with Gasteiger partial charge in [0, 0.05) is 12.1 Å². The van der Waals surface area contributed by atoms with Gasteiger partial charge in [0.25, 0.3) is 5.91 Å². The van der Waals surface area contributed by atoms with E-state index in [-0.39, 0.29) is 48.4 Å². The van der Waals surface area contributed by atoms with Crippen molar-refractivity contribution >= 4 is 41.3 Å². The van der Waals surface area contributed by atoms with Gasteiger partial charge in [-0.15, -0.1) is 0 Å². The van der Waals surface area contributed by atoms with E-state index in [1.807, 2.05) is 13.8 Å². The molecule has 0 unspecified atom stereocenters. The van der Waals surface area contributed by atoms with E-state index in [1.54, 1.807) is 44.2 Å². The number of nitrogens with two attached hydrogens (primary N) is 1. The zero-order valence-electron chi connectivity index (χ0n) is 27.9. The molecule has 14 heteroatoms. The number of aliphatic hydroxyl groups is 1. The maximum absolute atomic E-state index is 13.7. The molecule has 0 aliphatic carbocycles. The Morgan fingerprint density at radius 2 is 1.44 bits per heavy atom. The summed E-state index contributed by atoms with van der Waals surface area (Å²) in [7, 11) is 0. The number of carbonyl (C=O) groups is 6. The molecule has 262 valence electrons. The lowest BCUT2D eigenvalue weighted by Crippen LogP contribution is -2.59. The molecule has 0 aliphatic rings. The van der Waals surface area contributed by atoms with Crippen molar-refractivity contribution in [1.82, 2.24) is 16.0 Å². The maximum atomic E-state index is 13.7. The zero-order chi connectivity index (χ0) is 36.1. The topological polar surface area (TPSA) is 237 Å². The van der Waals surface area contributed by atoms with Crippen LogP contribution in [0.3, 0.4) is 0 Å². The molecule has 2 aromatic carbocycles. The number of aliphatic carboxylic acids is 1. The number of nitrogens with one attached hydrogen (secondary N) is 4. The quantitative estimate of drug-likeness (QED) is 0.114. The lowest BCUT2D eigenvalue weighted by atomic mass is 9.97. The first-order valence-electron chi connectivity index (χ1n) is 15.8. The molecule has 2 rings (SSSR count). The van der Waals surface area contributed by atoms with Crippen LogP contribution in [0.1, 0.15) is 68.4 Å². The van der Waals surface area contributed by atoms with E-state index < -0.39 is 71.8 Å². The summed E-state index contributed by atoms with van der Waals surface area (Å²) in [5.41, 5.74) is 6.96. The fraction of sp³-hybridized carbons (Fsp3) is 0.471. The first kappa shape index (κ1) is 39.4. The van der Waals surface area contributed by atoms with Crippen LogP contribution >= 0.6 is 0 Å². The maximum Gasteiger partial charge on any atom is 0.336 e. The molecule has 9 N–H and O–H groups in total. The van der Waals surface area contributed by atoms with E-state index in [2.05, 4.69) is 21.3 Å². The predicted octanol–water partition coefficient (Wildman–Crippen LogP) is 1.58. The Morgan fingerprint density at radius 1 is 0.792 bits per heavy atom. The highest BCUT2D eigenvalue weighted by molar-refractivity contribution is 5.99. The molecular weight excluding hydrogens is 622 g/mol. The lowest BCUT2D eigenvalue weighted by molar-refractivity contribution is -0.137. The molecule has 0 spiro atoms. The zero-order valence-corrected chi connectivity index (χ0v) is 27.9. The summed E-state index contributed by atoms with van der Waals surface area (Å²) in [6, 6.07) is 8.61. The standard InChI is InChI=1S/C34H47N5O9/c1-18(2)16-26(38-32(45)28(19(3)4)39-30(43)23(35)14-15-27(40)41)31(44)37-25(17-21-10-7-6-8-11-21)29(42)33(46)36-24-13-9-12-22(20(24)5)34(47)48/h6-13,18-19,23,25-26,28-29,42H,14-17,35H2,1-5H3,(H,36,46)(H,37,44)(H,38,45)(H,39,43)(H,40,41)(H,47,48)/t23-,25-,26-,28-,29+/m0/s1. The highest BCUT2D eigenvalue weighted by Crippen LogP contribution is 2.20. The van der Waals surface area contributed by atoms with Crippen molar-refractivity contribution in [3.8, 4) is 0 Å². The summed E-state index contributed by atoms with van der Waals surface area (Å²) in [5.74, 6) is -5.75. The molecule has 0 saturated heterocycles. The summed E-state index contributed by atoms with van der Waals surface area (Å²) in [6.07, 6.45) is -2.03. The van der Waals surface area contributed by atoms with E-state index in [9.17, 15) is 39.0 Å². The smallest absolute Gasteiger partial charge is 0.336 e. The van der Waals surface area contributed by atoms with Crippen molar-refractivity contribution in [2.24, 2.45) is 17.6 Å². The van der Waals surface area contributed by atoms with Crippen molar-refractivity contribution in [3.05, 3.63) is 65.2 Å². The van der Waals surface area contributed by atoms with E-state index in [4.69, 9.17) is 10.8 Å². The molecule has 0 bridgehead atoms. The van der Waals surface area contributed by atoms with E-state index in [1.165, 1.54) is 25.1 Å². The number of hydrogen-bond acceptors (Lipinski definition) is 8. The number of anilines is 1. The number of carboxylic acid groups (broad SMARTS) is 2. The van der Waals surface area contributed by atoms with Crippen molar-refractivity contribution in [1.29, 1.82) is 0 Å². The SMILES string of the molecule is Cc1c(NC(=O)[C@H](O)[C@H](Cc2ccccc2)NC(=O)[C@H](CC(C)C)NC(=O)[C@@H](NC(=O)[C@@H](N)CCC(=O)O)C(C)C)cccc1C(=O)O. The van der Waals surface area contributed by atoms with Crippen LogP contribution in [0.25, 0.3) is 0 Å². The molecule has 5 atom stereocenters. The monoisotopic (exact) mass is 669 g/mol. The fourth-order valence-corrected chi connectivity index (χ4v) is 4.95. The van der Waals surface area contributed by atoms with Gasteiger partial charge in [-0.1, -0.05) is 64.1 Å². The van der Waals surface area contributed by atoms with Gasteiger partial charge in [0.2, 0.25) is 17.7 Å². The molecule has 0 heterocycles. The number of hydrogen-bond donors (Lipinski definition) is 8. The molecule has 0 radical (unpaired) electrons. The van der Waals surface area contributed by atoms with Crippen LogP contribution in [0.15, 0.2) is 48.5 Å². The molecule has 0 aromatic heterocycles. The molecule has 0 fully saturated rings. The normalized spacial score (nSPS) is 14.3. The number of aromatic carboxylic acids is 1. The Bertz CT molecular complexity index is 1450. The minimum absolute atomic E-state index is 0.0261. The molecule has 0 aliphatic heterocycles. The second-order valence-corrected chi connectivity index (χ2v) is 12.5. The first-order valence-corrected chi connectivity index (χ1v) is 15.8. The molecular formula is C34H47N5O9. The lowest BCUT2D eigenvalue weighted by Gasteiger charge is -2.29. The van der Waals surface area contributed by atoms with Gasteiger partial charge in [-0.3, -0.25) is 24.0 Å². The van der Waals surface area contributed by atoms with Crippen molar-refractivity contribution in [2.75, 3.05) is 5.32 Å². The Hall–Kier alpha value is -4.82. The van der Waals surface area contributed by atoms with Gasteiger partial charge in [-0.05, 0) is 61.3 Å². The predicted molar refractivity (Wildman–Crippen MR) is 178 cm³/mol. The third-order valence-corrected chi connectivity index (χ3v) is 7.69. The van der Waals surface area contributed by atoms with E-state index in [0.717, 1.165) is 0 Å². The minimum atomic E-state index is -1.78. The van der Waals surface area contributed by atoms with Crippen LogP contribution in [0.4, 0.5) is 5.69 Å². The van der Waals surface area contributed by atoms with Gasteiger partial charge in [0.05, 0.1) is 17.6 Å². The molecule has 48 heavy (non-hydrogen) atoms. The van der Waals surface area contributed by atoms with E-state index in [0.29, 0.717) is 5.56 Å². The third kappa shape index (κ3) is 12.1.